The topological polar surface area (TPSA) is 87.9 Å². The van der Waals surface area contributed by atoms with Crippen molar-refractivity contribution in [1.29, 1.82) is 0 Å². The third kappa shape index (κ3) is 4.17. The van der Waals surface area contributed by atoms with Gasteiger partial charge in [-0.15, -0.1) is 0 Å². The summed E-state index contributed by atoms with van der Waals surface area (Å²) in [7, 11) is 3.39. The summed E-state index contributed by atoms with van der Waals surface area (Å²) >= 11 is 6.13. The van der Waals surface area contributed by atoms with Crippen molar-refractivity contribution in [3.63, 3.8) is 0 Å². The molecule has 0 saturated heterocycles. The van der Waals surface area contributed by atoms with Crippen molar-refractivity contribution >= 4 is 52.0 Å². The van der Waals surface area contributed by atoms with Gasteiger partial charge in [-0.25, -0.2) is 9.78 Å². The van der Waals surface area contributed by atoms with Gasteiger partial charge in [-0.05, 0) is 81.8 Å². The molecule has 1 N–H and O–H groups in total. The Morgan fingerprint density at radius 3 is 2.42 bits per heavy atom. The first kappa shape index (κ1) is 24.4. The molecule has 1 fully saturated rings. The molecule has 0 unspecified atom stereocenters. The number of rotatable bonds is 4. The number of anilines is 3. The average molecular weight is 511 g/mol. The second kappa shape index (κ2) is 9.65. The van der Waals surface area contributed by atoms with Crippen LogP contribution in [-0.2, 0) is 16.0 Å². The summed E-state index contributed by atoms with van der Waals surface area (Å²) in [6, 6.07) is 11.8. The van der Waals surface area contributed by atoms with Crippen LogP contribution in [0.15, 0.2) is 36.4 Å². The highest BCUT2D eigenvalue weighted by molar-refractivity contribution is 6.30. The Balaban J connectivity index is 1.65. The van der Waals surface area contributed by atoms with Gasteiger partial charge in [0.15, 0.2) is 0 Å². The molecule has 2 aliphatic rings. The molecule has 1 amide bonds. The van der Waals surface area contributed by atoms with Crippen LogP contribution >= 0.6 is 11.6 Å². The van der Waals surface area contributed by atoms with Crippen LogP contribution in [0.5, 0.6) is 0 Å². The number of amides is 1. The summed E-state index contributed by atoms with van der Waals surface area (Å²) in [6.07, 6.45) is 4.09. The zero-order chi connectivity index (χ0) is 25.6. The minimum atomic E-state index is -0.714. The zero-order valence-electron chi connectivity index (χ0n) is 20.8. The lowest BCUT2D eigenvalue weighted by Crippen LogP contribution is -2.42. The van der Waals surface area contributed by atoms with Gasteiger partial charge >= 0.3 is 12.1 Å². The van der Waals surface area contributed by atoms with E-state index in [1.54, 1.807) is 4.90 Å². The SMILES string of the molecule is COC(=O)N1c2ccc3c(nc(N(C)c4ccc(Cl)cc4)n3C3CCC(C(=O)O)CC3)c2CC[C@@H]1C. The number of nitrogens with zero attached hydrogens (tertiary/aromatic N) is 4. The van der Waals surface area contributed by atoms with Crippen molar-refractivity contribution in [2.75, 3.05) is 24.0 Å². The lowest BCUT2D eigenvalue weighted by molar-refractivity contribution is -0.143. The molecule has 1 atom stereocenters. The number of carboxylic acid groups (broad SMARTS) is 1. The van der Waals surface area contributed by atoms with Gasteiger partial charge in [-0.2, -0.15) is 0 Å². The lowest BCUT2D eigenvalue weighted by Gasteiger charge is -2.34. The molecule has 1 aliphatic heterocycles. The monoisotopic (exact) mass is 510 g/mol. The molecule has 0 spiro atoms. The van der Waals surface area contributed by atoms with Crippen LogP contribution in [0.25, 0.3) is 11.0 Å². The first-order valence-electron chi connectivity index (χ1n) is 12.4. The molecular weight excluding hydrogens is 480 g/mol. The van der Waals surface area contributed by atoms with Crippen LogP contribution in [0.1, 0.15) is 50.6 Å². The van der Waals surface area contributed by atoms with E-state index in [2.05, 4.69) is 9.47 Å². The predicted molar refractivity (Wildman–Crippen MR) is 141 cm³/mol. The Bertz CT molecular complexity index is 1300. The number of aryl methyl sites for hydroxylation is 1. The maximum Gasteiger partial charge on any atom is 0.414 e. The van der Waals surface area contributed by atoms with Gasteiger partial charge in [0.1, 0.15) is 0 Å². The van der Waals surface area contributed by atoms with E-state index < -0.39 is 5.97 Å². The van der Waals surface area contributed by atoms with Crippen molar-refractivity contribution < 1.29 is 19.4 Å². The van der Waals surface area contributed by atoms with Crippen LogP contribution in [0.3, 0.4) is 0 Å². The van der Waals surface area contributed by atoms with Gasteiger partial charge in [-0.1, -0.05) is 11.6 Å². The van der Waals surface area contributed by atoms with Crippen LogP contribution in [0.2, 0.25) is 5.02 Å². The second-order valence-corrected chi connectivity index (χ2v) is 10.3. The molecule has 0 bridgehead atoms. The summed E-state index contributed by atoms with van der Waals surface area (Å²) in [5.74, 6) is -0.215. The lowest BCUT2D eigenvalue weighted by atomic mass is 9.86. The number of hydrogen-bond donors (Lipinski definition) is 1. The molecule has 190 valence electrons. The molecule has 2 heterocycles. The number of ether oxygens (including phenoxy) is 1. The van der Waals surface area contributed by atoms with Crippen LogP contribution in [0, 0.1) is 5.92 Å². The van der Waals surface area contributed by atoms with Crippen molar-refractivity contribution in [2.45, 2.75) is 57.5 Å². The second-order valence-electron chi connectivity index (χ2n) is 9.82. The Morgan fingerprint density at radius 2 is 1.78 bits per heavy atom. The van der Waals surface area contributed by atoms with E-state index in [4.69, 9.17) is 21.3 Å². The smallest absolute Gasteiger partial charge is 0.414 e. The van der Waals surface area contributed by atoms with Gasteiger partial charge in [0.05, 0.1) is 29.7 Å². The van der Waals surface area contributed by atoms with E-state index in [1.165, 1.54) is 7.11 Å². The van der Waals surface area contributed by atoms with Crippen molar-refractivity contribution in [3.8, 4) is 0 Å². The van der Waals surface area contributed by atoms with Crippen molar-refractivity contribution in [2.24, 2.45) is 5.92 Å². The highest BCUT2D eigenvalue weighted by Crippen LogP contribution is 2.43. The van der Waals surface area contributed by atoms with Crippen LogP contribution in [0.4, 0.5) is 22.1 Å². The molecular formula is C27H31ClN4O4. The molecule has 0 radical (unpaired) electrons. The highest BCUT2D eigenvalue weighted by atomic mass is 35.5. The van der Waals surface area contributed by atoms with E-state index in [0.717, 1.165) is 59.6 Å². The quantitative estimate of drug-likeness (QED) is 0.451. The summed E-state index contributed by atoms with van der Waals surface area (Å²) in [4.78, 5) is 33.1. The number of fused-ring (bicyclic) bond motifs is 3. The van der Waals surface area contributed by atoms with E-state index >= 15 is 0 Å². The maximum absolute atomic E-state index is 12.6. The standard InChI is InChI=1S/C27H31ClN4O4/c1-16-4-13-21-22(31(16)27(35)36-3)14-15-23-24(21)29-26(30(2)19-11-7-18(28)8-12-19)32(23)20-9-5-17(6-10-20)25(33)34/h7-8,11-12,14-17,20H,4-6,9-10,13H2,1-3H3,(H,33,34)/t16-,17?,20?/m0/s1. The highest BCUT2D eigenvalue weighted by Gasteiger charge is 2.34. The number of methoxy groups -OCH3 is 1. The Hall–Kier alpha value is -3.26. The predicted octanol–water partition coefficient (Wildman–Crippen LogP) is 6.18. The van der Waals surface area contributed by atoms with Gasteiger partial charge in [0, 0.05) is 35.4 Å². The number of aliphatic carboxylic acids is 1. The minimum Gasteiger partial charge on any atom is -0.481 e. The summed E-state index contributed by atoms with van der Waals surface area (Å²) in [6.45, 7) is 2.03. The Kier molecular flexibility index (Phi) is 6.55. The number of imidazole rings is 1. The van der Waals surface area contributed by atoms with E-state index in [9.17, 15) is 14.7 Å². The third-order valence-electron chi connectivity index (χ3n) is 7.73. The van der Waals surface area contributed by atoms with E-state index in [-0.39, 0.29) is 24.1 Å². The van der Waals surface area contributed by atoms with Crippen LogP contribution in [-0.4, -0.2) is 46.9 Å². The normalized spacial score (nSPS) is 21.8. The number of carboxylic acids is 1. The van der Waals surface area contributed by atoms with Crippen molar-refractivity contribution in [1.82, 2.24) is 9.55 Å². The van der Waals surface area contributed by atoms with Gasteiger partial charge < -0.3 is 19.3 Å². The van der Waals surface area contributed by atoms with Crippen molar-refractivity contribution in [3.05, 3.63) is 47.0 Å². The number of aromatic nitrogens is 2. The molecule has 36 heavy (non-hydrogen) atoms. The van der Waals surface area contributed by atoms with Crippen LogP contribution < -0.4 is 9.80 Å². The first-order valence-corrected chi connectivity index (χ1v) is 12.8. The molecule has 8 nitrogen and oxygen atoms in total. The number of benzene rings is 2. The summed E-state index contributed by atoms with van der Waals surface area (Å²) in [5.41, 5.74) is 4.72. The minimum absolute atomic E-state index is 0.0343. The third-order valence-corrected chi connectivity index (χ3v) is 7.98. The largest absolute Gasteiger partial charge is 0.481 e. The van der Waals surface area contributed by atoms with Gasteiger partial charge in [-0.3, -0.25) is 9.69 Å². The molecule has 9 heteroatoms. The molecule has 1 aliphatic carbocycles. The fraction of sp³-hybridized carbons (Fsp3) is 0.444. The molecule has 5 rings (SSSR count). The first-order chi connectivity index (χ1) is 17.3. The summed E-state index contributed by atoms with van der Waals surface area (Å²) in [5, 5.41) is 10.2. The number of hydrogen-bond acceptors (Lipinski definition) is 5. The molecule has 3 aromatic rings. The zero-order valence-corrected chi connectivity index (χ0v) is 21.5. The summed E-state index contributed by atoms with van der Waals surface area (Å²) < 4.78 is 7.35. The van der Waals surface area contributed by atoms with Gasteiger partial charge in [0.2, 0.25) is 5.95 Å². The van der Waals surface area contributed by atoms with E-state index in [0.29, 0.717) is 17.9 Å². The maximum atomic E-state index is 12.6. The van der Waals surface area contributed by atoms with E-state index in [1.807, 2.05) is 50.4 Å². The fourth-order valence-electron chi connectivity index (χ4n) is 5.72. The van der Waals surface area contributed by atoms with Gasteiger partial charge in [0.25, 0.3) is 0 Å². The number of carbonyl (C=O) groups excluding carboxylic acids is 1. The number of halogens is 1. The molecule has 1 aromatic heterocycles. The Labute approximate surface area is 215 Å². The fourth-order valence-corrected chi connectivity index (χ4v) is 5.85. The Morgan fingerprint density at radius 1 is 1.08 bits per heavy atom. The average Bonchev–Trinajstić information content (AvgIpc) is 3.28. The molecule has 2 aromatic carbocycles. The molecule has 1 saturated carbocycles. The number of carbonyl (C=O) groups is 2.